The fourth-order valence-electron chi connectivity index (χ4n) is 3.37. The maximum absolute atomic E-state index is 13.2. The van der Waals surface area contributed by atoms with Gasteiger partial charge in [0, 0.05) is 11.6 Å². The lowest BCUT2D eigenvalue weighted by Crippen LogP contribution is -2.28. The molecule has 0 saturated heterocycles. The van der Waals surface area contributed by atoms with E-state index in [0.717, 1.165) is 12.0 Å². The third kappa shape index (κ3) is 5.39. The SMILES string of the molecule is O=C(CSc1nc2ccccc2c(=O)n1Cc1ccccc1Cl)NCCc1ccccc1. The van der Waals surface area contributed by atoms with Crippen LogP contribution >= 0.6 is 23.4 Å². The summed E-state index contributed by atoms with van der Waals surface area (Å²) in [5.41, 5.74) is 2.45. The molecule has 1 heterocycles. The molecule has 1 aromatic heterocycles. The monoisotopic (exact) mass is 463 g/mol. The first-order valence-corrected chi connectivity index (χ1v) is 11.6. The molecule has 0 bridgehead atoms. The van der Waals surface area contributed by atoms with Crippen LogP contribution in [0.4, 0.5) is 0 Å². The number of para-hydroxylation sites is 1. The Bertz CT molecular complexity index is 1290. The molecule has 3 aromatic carbocycles. The minimum Gasteiger partial charge on any atom is -0.355 e. The van der Waals surface area contributed by atoms with E-state index in [2.05, 4.69) is 10.3 Å². The molecule has 0 aliphatic rings. The fraction of sp³-hybridized carbons (Fsp3) is 0.160. The molecule has 0 fully saturated rings. The molecule has 162 valence electrons. The average Bonchev–Trinajstić information content (AvgIpc) is 2.82. The highest BCUT2D eigenvalue weighted by Crippen LogP contribution is 2.21. The van der Waals surface area contributed by atoms with Crippen LogP contribution in [-0.2, 0) is 17.8 Å². The van der Waals surface area contributed by atoms with Gasteiger partial charge in [-0.15, -0.1) is 0 Å². The number of hydrogen-bond donors (Lipinski definition) is 1. The summed E-state index contributed by atoms with van der Waals surface area (Å²) in [6, 6.07) is 24.6. The average molecular weight is 464 g/mol. The van der Waals surface area contributed by atoms with Crippen molar-refractivity contribution in [1.82, 2.24) is 14.9 Å². The van der Waals surface area contributed by atoms with Gasteiger partial charge in [-0.1, -0.05) is 84.0 Å². The van der Waals surface area contributed by atoms with Gasteiger partial charge >= 0.3 is 0 Å². The predicted molar refractivity (Wildman–Crippen MR) is 130 cm³/mol. The van der Waals surface area contributed by atoms with Gasteiger partial charge in [-0.05, 0) is 35.7 Å². The van der Waals surface area contributed by atoms with Gasteiger partial charge in [0.05, 0.1) is 23.2 Å². The van der Waals surface area contributed by atoms with E-state index in [1.165, 1.54) is 17.3 Å². The quantitative estimate of drug-likeness (QED) is 0.307. The van der Waals surface area contributed by atoms with Crippen LogP contribution in [0.15, 0.2) is 88.8 Å². The number of carbonyl (C=O) groups excluding carboxylic acids is 1. The van der Waals surface area contributed by atoms with Gasteiger partial charge in [0.25, 0.3) is 5.56 Å². The second-order valence-electron chi connectivity index (χ2n) is 7.27. The van der Waals surface area contributed by atoms with Crippen LogP contribution in [0.5, 0.6) is 0 Å². The zero-order chi connectivity index (χ0) is 22.3. The second-order valence-corrected chi connectivity index (χ2v) is 8.62. The molecule has 0 spiro atoms. The second kappa shape index (κ2) is 10.5. The molecule has 32 heavy (non-hydrogen) atoms. The van der Waals surface area contributed by atoms with Crippen molar-refractivity contribution in [1.29, 1.82) is 0 Å². The lowest BCUT2D eigenvalue weighted by Gasteiger charge is -2.14. The van der Waals surface area contributed by atoms with E-state index in [1.807, 2.05) is 60.7 Å². The number of fused-ring (bicyclic) bond motifs is 1. The highest BCUT2D eigenvalue weighted by atomic mass is 35.5. The molecule has 0 saturated carbocycles. The van der Waals surface area contributed by atoms with E-state index in [1.54, 1.807) is 22.8 Å². The first-order chi connectivity index (χ1) is 15.6. The van der Waals surface area contributed by atoms with Crippen molar-refractivity contribution >= 4 is 40.2 Å². The molecule has 5 nitrogen and oxygen atoms in total. The molecule has 4 rings (SSSR count). The summed E-state index contributed by atoms with van der Waals surface area (Å²) in [5, 5.41) is 4.55. The molecule has 1 amide bonds. The van der Waals surface area contributed by atoms with Crippen LogP contribution in [0.2, 0.25) is 5.02 Å². The molecule has 0 aliphatic carbocycles. The first-order valence-electron chi connectivity index (χ1n) is 10.3. The summed E-state index contributed by atoms with van der Waals surface area (Å²) in [7, 11) is 0. The van der Waals surface area contributed by atoms with Crippen LogP contribution < -0.4 is 10.9 Å². The summed E-state index contributed by atoms with van der Waals surface area (Å²) >= 11 is 7.58. The standard InChI is InChI=1S/C25H22ClN3O2S/c26-21-12-6-4-10-19(21)16-29-24(31)20-11-5-7-13-22(20)28-25(29)32-17-23(30)27-15-14-18-8-2-1-3-9-18/h1-13H,14-17H2,(H,27,30). The number of amides is 1. The van der Waals surface area contributed by atoms with Crippen LogP contribution in [0.3, 0.4) is 0 Å². The number of benzene rings is 3. The normalized spacial score (nSPS) is 10.9. The smallest absolute Gasteiger partial charge is 0.262 e. The van der Waals surface area contributed by atoms with E-state index in [-0.39, 0.29) is 23.8 Å². The number of rotatable bonds is 8. The lowest BCUT2D eigenvalue weighted by molar-refractivity contribution is -0.118. The zero-order valence-corrected chi connectivity index (χ0v) is 18.9. The summed E-state index contributed by atoms with van der Waals surface area (Å²) in [6.45, 7) is 0.843. The highest BCUT2D eigenvalue weighted by Gasteiger charge is 2.14. The van der Waals surface area contributed by atoms with Crippen LogP contribution in [0.25, 0.3) is 10.9 Å². The number of aromatic nitrogens is 2. The Hall–Kier alpha value is -3.09. The van der Waals surface area contributed by atoms with Gasteiger partial charge in [0.15, 0.2) is 5.16 Å². The molecule has 0 aliphatic heterocycles. The minimum atomic E-state index is -0.150. The van der Waals surface area contributed by atoms with Gasteiger partial charge in [0.1, 0.15) is 0 Å². The number of nitrogens with zero attached hydrogens (tertiary/aromatic N) is 2. The summed E-state index contributed by atoms with van der Waals surface area (Å²) in [5.74, 6) is 0.0693. The topological polar surface area (TPSA) is 64.0 Å². The summed E-state index contributed by atoms with van der Waals surface area (Å²) in [6.07, 6.45) is 0.767. The number of carbonyl (C=O) groups is 1. The van der Waals surface area contributed by atoms with Crippen molar-refractivity contribution in [3.63, 3.8) is 0 Å². The highest BCUT2D eigenvalue weighted by molar-refractivity contribution is 7.99. The minimum absolute atomic E-state index is 0.0994. The number of hydrogen-bond acceptors (Lipinski definition) is 4. The zero-order valence-electron chi connectivity index (χ0n) is 17.3. The van der Waals surface area contributed by atoms with Crippen molar-refractivity contribution in [2.24, 2.45) is 0 Å². The van der Waals surface area contributed by atoms with Crippen LogP contribution in [-0.4, -0.2) is 27.8 Å². The van der Waals surface area contributed by atoms with Crippen molar-refractivity contribution in [2.75, 3.05) is 12.3 Å². The Kier molecular flexibility index (Phi) is 7.24. The summed E-state index contributed by atoms with van der Waals surface area (Å²) in [4.78, 5) is 30.3. The van der Waals surface area contributed by atoms with Crippen molar-refractivity contribution < 1.29 is 4.79 Å². The van der Waals surface area contributed by atoms with Crippen molar-refractivity contribution in [3.05, 3.63) is 105 Å². The molecule has 0 unspecified atom stereocenters. The van der Waals surface area contributed by atoms with E-state index < -0.39 is 0 Å². The molecule has 1 N–H and O–H groups in total. The van der Waals surface area contributed by atoms with E-state index >= 15 is 0 Å². The fourth-order valence-corrected chi connectivity index (χ4v) is 4.39. The Labute approximate surface area is 195 Å². The Morgan fingerprint density at radius 3 is 2.50 bits per heavy atom. The van der Waals surface area contributed by atoms with Gasteiger partial charge in [-0.3, -0.25) is 14.2 Å². The molecule has 4 aromatic rings. The number of nitrogens with one attached hydrogen (secondary N) is 1. The van der Waals surface area contributed by atoms with E-state index in [9.17, 15) is 9.59 Å². The van der Waals surface area contributed by atoms with E-state index in [4.69, 9.17) is 11.6 Å². The number of thioether (sulfide) groups is 1. The van der Waals surface area contributed by atoms with Gasteiger partial charge in [-0.2, -0.15) is 0 Å². The molecule has 0 radical (unpaired) electrons. The third-order valence-corrected chi connectivity index (χ3v) is 6.37. The van der Waals surface area contributed by atoms with Crippen LogP contribution in [0, 0.1) is 0 Å². The third-order valence-electron chi connectivity index (χ3n) is 5.02. The van der Waals surface area contributed by atoms with Gasteiger partial charge < -0.3 is 5.32 Å². The van der Waals surface area contributed by atoms with Crippen molar-refractivity contribution in [3.8, 4) is 0 Å². The maximum atomic E-state index is 13.2. The van der Waals surface area contributed by atoms with Gasteiger partial charge in [-0.25, -0.2) is 4.98 Å². The summed E-state index contributed by atoms with van der Waals surface area (Å²) < 4.78 is 1.59. The van der Waals surface area contributed by atoms with Crippen molar-refractivity contribution in [2.45, 2.75) is 18.1 Å². The number of halogens is 1. The largest absolute Gasteiger partial charge is 0.355 e. The predicted octanol–water partition coefficient (Wildman–Crippen LogP) is 4.55. The maximum Gasteiger partial charge on any atom is 0.262 e. The van der Waals surface area contributed by atoms with Crippen LogP contribution in [0.1, 0.15) is 11.1 Å². The van der Waals surface area contributed by atoms with Gasteiger partial charge in [0.2, 0.25) is 5.91 Å². The Morgan fingerprint density at radius 2 is 1.69 bits per heavy atom. The Morgan fingerprint density at radius 1 is 0.969 bits per heavy atom. The van der Waals surface area contributed by atoms with E-state index in [0.29, 0.717) is 27.6 Å². The molecule has 0 atom stereocenters. The Balaban J connectivity index is 1.51. The molecular formula is C25H22ClN3O2S. The lowest BCUT2D eigenvalue weighted by atomic mass is 10.1. The molecular weight excluding hydrogens is 442 g/mol. The molecule has 7 heteroatoms. The first kappa shape index (κ1) is 22.1.